The average Bonchev–Trinajstić information content (AvgIpc) is 3.40. The molecule has 3 aromatic heterocycles. The maximum Gasteiger partial charge on any atom is 0.309 e. The van der Waals surface area contributed by atoms with E-state index in [1.165, 1.54) is 19.9 Å². The largest absolute Gasteiger partial charge is 0.365 e. The van der Waals surface area contributed by atoms with Crippen molar-refractivity contribution in [2.45, 2.75) is 45.1 Å². The van der Waals surface area contributed by atoms with Gasteiger partial charge in [0.05, 0.1) is 10.6 Å². The van der Waals surface area contributed by atoms with E-state index in [4.69, 9.17) is 5.73 Å². The number of rotatable bonds is 7. The molecule has 0 spiro atoms. The first kappa shape index (κ1) is 21.7. The normalized spacial score (nSPS) is 14.7. The van der Waals surface area contributed by atoms with E-state index in [-0.39, 0.29) is 32.7 Å². The van der Waals surface area contributed by atoms with Crippen LogP contribution in [0.2, 0.25) is 0 Å². The van der Waals surface area contributed by atoms with Gasteiger partial charge in [0.1, 0.15) is 33.3 Å². The van der Waals surface area contributed by atoms with Crippen LogP contribution in [0.3, 0.4) is 0 Å². The van der Waals surface area contributed by atoms with Gasteiger partial charge in [-0.05, 0) is 44.2 Å². The molecule has 10 nitrogen and oxygen atoms in total. The first-order valence-electron chi connectivity index (χ1n) is 9.64. The van der Waals surface area contributed by atoms with E-state index in [9.17, 15) is 28.5 Å². The number of nitrogens with one attached hydrogen (secondary N) is 1. The van der Waals surface area contributed by atoms with Crippen LogP contribution in [0.15, 0.2) is 12.3 Å². The lowest BCUT2D eigenvalue weighted by Gasteiger charge is -2.14. The zero-order valence-electron chi connectivity index (χ0n) is 17.0. The van der Waals surface area contributed by atoms with Crippen molar-refractivity contribution in [2.24, 2.45) is 5.73 Å². The second-order valence-electron chi connectivity index (χ2n) is 7.56. The Bertz CT molecular complexity index is 1270. The van der Waals surface area contributed by atoms with E-state index in [0.717, 1.165) is 35.1 Å². The minimum atomic E-state index is -2.78. The second kappa shape index (κ2) is 7.89. The highest BCUT2D eigenvalue weighted by Crippen LogP contribution is 2.48. The van der Waals surface area contributed by atoms with Crippen LogP contribution >= 0.6 is 11.3 Å². The van der Waals surface area contributed by atoms with Gasteiger partial charge in [-0.1, -0.05) is 0 Å². The number of nitrogens with two attached hydrogens (primary N) is 1. The fourth-order valence-electron chi connectivity index (χ4n) is 3.47. The molecule has 168 valence electrons. The van der Waals surface area contributed by atoms with E-state index in [0.29, 0.717) is 10.9 Å². The first-order chi connectivity index (χ1) is 15.1. The maximum atomic E-state index is 13.3. The SMILES string of the molecule is Cc1nn(C(C)C(=O)Nc2c(C(N)=O)sc3nc(C(F)F)cc(C4CC4)c23)cc1[N+](=O)[O-]. The molecule has 13 heteroatoms. The molecular formula is C19H18F2N6O4S. The number of aromatic nitrogens is 3. The molecule has 1 aliphatic rings. The number of carbonyl (C=O) groups excluding carboxylic acids is 2. The molecule has 1 atom stereocenters. The summed E-state index contributed by atoms with van der Waals surface area (Å²) in [6.45, 7) is 2.93. The number of hydrogen-bond acceptors (Lipinski definition) is 7. The number of halogens is 2. The number of aryl methyl sites for hydroxylation is 1. The highest BCUT2D eigenvalue weighted by molar-refractivity contribution is 7.21. The molecule has 0 radical (unpaired) electrons. The van der Waals surface area contributed by atoms with Crippen molar-refractivity contribution in [3.05, 3.63) is 44.2 Å². The molecule has 1 fully saturated rings. The quantitative estimate of drug-likeness (QED) is 0.401. The van der Waals surface area contributed by atoms with Crippen molar-refractivity contribution in [3.8, 4) is 0 Å². The third kappa shape index (κ3) is 3.79. The Hall–Kier alpha value is -3.48. The van der Waals surface area contributed by atoms with Gasteiger partial charge in [-0.2, -0.15) is 5.10 Å². The zero-order valence-corrected chi connectivity index (χ0v) is 17.8. The van der Waals surface area contributed by atoms with Crippen LogP contribution in [-0.2, 0) is 4.79 Å². The third-order valence-corrected chi connectivity index (χ3v) is 6.39. The maximum absolute atomic E-state index is 13.3. The Morgan fingerprint density at radius 1 is 1.41 bits per heavy atom. The van der Waals surface area contributed by atoms with E-state index in [1.807, 2.05) is 0 Å². The molecule has 3 heterocycles. The number of anilines is 1. The summed E-state index contributed by atoms with van der Waals surface area (Å²) in [6, 6.07) is 0.345. The van der Waals surface area contributed by atoms with Crippen LogP contribution in [0.1, 0.15) is 64.8 Å². The fraction of sp³-hybridized carbons (Fsp3) is 0.368. The number of fused-ring (bicyclic) bond motifs is 1. The summed E-state index contributed by atoms with van der Waals surface area (Å²) in [7, 11) is 0. The predicted octanol–water partition coefficient (Wildman–Crippen LogP) is 3.82. The Morgan fingerprint density at radius 3 is 2.62 bits per heavy atom. The minimum Gasteiger partial charge on any atom is -0.365 e. The van der Waals surface area contributed by atoms with Crippen LogP contribution in [0.4, 0.5) is 20.2 Å². The highest BCUT2D eigenvalue weighted by atomic mass is 32.1. The monoisotopic (exact) mass is 464 g/mol. The third-order valence-electron chi connectivity index (χ3n) is 5.29. The summed E-state index contributed by atoms with van der Waals surface area (Å²) in [5.74, 6) is -1.41. The Labute approximate surface area is 183 Å². The Morgan fingerprint density at radius 2 is 2.09 bits per heavy atom. The molecule has 2 amide bonds. The molecule has 1 aliphatic carbocycles. The van der Waals surface area contributed by atoms with Crippen LogP contribution in [0.25, 0.3) is 10.2 Å². The van der Waals surface area contributed by atoms with Gasteiger partial charge >= 0.3 is 5.69 Å². The summed E-state index contributed by atoms with van der Waals surface area (Å²) in [6.07, 6.45) is -0.0487. The van der Waals surface area contributed by atoms with E-state index < -0.39 is 34.9 Å². The van der Waals surface area contributed by atoms with Crippen LogP contribution in [-0.4, -0.2) is 31.5 Å². The molecule has 0 aromatic carbocycles. The molecule has 4 rings (SSSR count). The van der Waals surface area contributed by atoms with Crippen LogP contribution in [0, 0.1) is 17.0 Å². The summed E-state index contributed by atoms with van der Waals surface area (Å²) >= 11 is 0.837. The molecule has 3 N–H and O–H groups in total. The molecule has 3 aromatic rings. The molecule has 0 saturated heterocycles. The minimum absolute atomic E-state index is 0.0102. The van der Waals surface area contributed by atoms with Gasteiger partial charge in [0, 0.05) is 5.39 Å². The highest BCUT2D eigenvalue weighted by Gasteiger charge is 2.32. The summed E-state index contributed by atoms with van der Waals surface area (Å²) < 4.78 is 27.8. The molecule has 32 heavy (non-hydrogen) atoms. The lowest BCUT2D eigenvalue weighted by Crippen LogP contribution is -2.25. The number of primary amides is 1. The number of nitro groups is 1. The summed E-state index contributed by atoms with van der Waals surface area (Å²) in [5, 5.41) is 18.2. The number of alkyl halides is 2. The van der Waals surface area contributed by atoms with E-state index >= 15 is 0 Å². The standard InChI is InChI=1S/C19H18F2N6O4S/c1-7-12(27(30)31)6-26(25-7)8(2)18(29)24-14-13-10(9-3-4-9)5-11(16(20)21)23-19(13)32-15(14)17(22)28/h5-6,8-9,16H,3-4H2,1-2H3,(H2,22,28)(H,24,29). The lowest BCUT2D eigenvalue weighted by molar-refractivity contribution is -0.385. The Balaban J connectivity index is 1.77. The van der Waals surface area contributed by atoms with Gasteiger partial charge in [-0.15, -0.1) is 11.3 Å². The van der Waals surface area contributed by atoms with Gasteiger partial charge in [0.15, 0.2) is 0 Å². The number of nitrogens with zero attached hydrogens (tertiary/aromatic N) is 4. The van der Waals surface area contributed by atoms with Crippen molar-refractivity contribution in [1.29, 1.82) is 0 Å². The van der Waals surface area contributed by atoms with Crippen molar-refractivity contribution in [2.75, 3.05) is 5.32 Å². The summed E-state index contributed by atoms with van der Waals surface area (Å²) in [4.78, 5) is 39.6. The topological polar surface area (TPSA) is 146 Å². The van der Waals surface area contributed by atoms with Crippen molar-refractivity contribution < 1.29 is 23.3 Å². The fourth-order valence-corrected chi connectivity index (χ4v) is 4.49. The second-order valence-corrected chi connectivity index (χ2v) is 8.56. The van der Waals surface area contributed by atoms with Gasteiger partial charge in [0.2, 0.25) is 5.91 Å². The van der Waals surface area contributed by atoms with E-state index in [1.54, 1.807) is 0 Å². The number of hydrogen-bond donors (Lipinski definition) is 2. The summed E-state index contributed by atoms with van der Waals surface area (Å²) in [5.41, 5.74) is 5.70. The van der Waals surface area contributed by atoms with Crippen LogP contribution < -0.4 is 11.1 Å². The van der Waals surface area contributed by atoms with E-state index in [2.05, 4.69) is 15.4 Å². The van der Waals surface area contributed by atoms with Crippen molar-refractivity contribution in [3.63, 3.8) is 0 Å². The smallest absolute Gasteiger partial charge is 0.309 e. The number of thiophene rings is 1. The average molecular weight is 464 g/mol. The first-order valence-corrected chi connectivity index (χ1v) is 10.5. The number of amides is 2. The molecule has 0 aliphatic heterocycles. The number of pyridine rings is 1. The number of carbonyl (C=O) groups is 2. The zero-order chi connectivity index (χ0) is 23.3. The molecular weight excluding hydrogens is 446 g/mol. The van der Waals surface area contributed by atoms with Crippen molar-refractivity contribution >= 4 is 44.7 Å². The van der Waals surface area contributed by atoms with Gasteiger partial charge in [-0.25, -0.2) is 13.8 Å². The lowest BCUT2D eigenvalue weighted by atomic mass is 10.0. The van der Waals surface area contributed by atoms with Crippen molar-refractivity contribution in [1.82, 2.24) is 14.8 Å². The van der Waals surface area contributed by atoms with Gasteiger partial charge < -0.3 is 11.1 Å². The van der Waals surface area contributed by atoms with Gasteiger partial charge in [-0.3, -0.25) is 24.4 Å². The predicted molar refractivity (Wildman–Crippen MR) is 112 cm³/mol. The molecule has 1 saturated carbocycles. The molecule has 1 unspecified atom stereocenters. The van der Waals surface area contributed by atoms with Crippen LogP contribution in [0.5, 0.6) is 0 Å². The van der Waals surface area contributed by atoms with Gasteiger partial charge in [0.25, 0.3) is 12.3 Å². The Kier molecular flexibility index (Phi) is 5.36. The molecule has 0 bridgehead atoms.